The maximum absolute atomic E-state index is 12.7. The number of hydrogen-bond acceptors (Lipinski definition) is 4. The summed E-state index contributed by atoms with van der Waals surface area (Å²) in [5.41, 5.74) is 4.52. The van der Waals surface area contributed by atoms with E-state index in [2.05, 4.69) is 49.1 Å². The van der Waals surface area contributed by atoms with Crippen molar-refractivity contribution in [1.82, 2.24) is 9.80 Å². The van der Waals surface area contributed by atoms with E-state index in [0.717, 1.165) is 67.8 Å². The number of ether oxygens (including phenoxy) is 1. The lowest BCUT2D eigenvalue weighted by Crippen LogP contribution is -2.63. The number of carbonyl (C=O) groups excluding carboxylic acids is 1. The zero-order valence-electron chi connectivity index (χ0n) is 20.9. The molecule has 0 unspecified atom stereocenters. The van der Waals surface area contributed by atoms with E-state index in [0.29, 0.717) is 5.92 Å². The number of benzene rings is 2. The zero-order valence-corrected chi connectivity index (χ0v) is 20.9. The Hall–Kier alpha value is -2.53. The van der Waals surface area contributed by atoms with E-state index in [-0.39, 0.29) is 23.6 Å². The van der Waals surface area contributed by atoms with E-state index >= 15 is 0 Å². The van der Waals surface area contributed by atoms with E-state index in [1.165, 1.54) is 5.56 Å². The smallest absolute Gasteiger partial charge is 0.137 e. The highest BCUT2D eigenvalue weighted by Crippen LogP contribution is 2.50. The SMILES string of the molecule is CC(C)Oc1cccc(-c2ccc3c(c2)CCC(C)(C)[C@H]3N(C(=O)[O-])[C@@H]2CN3CCC2CC3)c1. The van der Waals surface area contributed by atoms with E-state index in [1.807, 2.05) is 26.0 Å². The second-order valence-corrected chi connectivity index (χ2v) is 11.4. The number of carbonyl (C=O) groups is 1. The van der Waals surface area contributed by atoms with E-state index < -0.39 is 6.09 Å². The number of amides is 1. The first-order valence-electron chi connectivity index (χ1n) is 12.8. The predicted molar refractivity (Wildman–Crippen MR) is 133 cm³/mol. The lowest BCUT2D eigenvalue weighted by Gasteiger charge is -2.56. The fourth-order valence-corrected chi connectivity index (χ4v) is 6.51. The number of aryl methyl sites for hydroxylation is 1. The summed E-state index contributed by atoms with van der Waals surface area (Å²) in [7, 11) is 0. The molecular weight excluding hydrogens is 424 g/mol. The van der Waals surface area contributed by atoms with Gasteiger partial charge in [0.1, 0.15) is 11.8 Å². The third-order valence-corrected chi connectivity index (χ3v) is 8.22. The molecule has 1 amide bonds. The fourth-order valence-electron chi connectivity index (χ4n) is 6.51. The lowest BCUT2D eigenvalue weighted by atomic mass is 9.68. The summed E-state index contributed by atoms with van der Waals surface area (Å²) in [4.78, 5) is 16.8. The Balaban J connectivity index is 1.51. The van der Waals surface area contributed by atoms with E-state index in [4.69, 9.17) is 4.74 Å². The van der Waals surface area contributed by atoms with Crippen molar-refractivity contribution in [2.75, 3.05) is 19.6 Å². The van der Waals surface area contributed by atoms with Crippen LogP contribution in [-0.4, -0.2) is 47.7 Å². The van der Waals surface area contributed by atoms with Crippen LogP contribution in [0.4, 0.5) is 4.79 Å². The second-order valence-electron chi connectivity index (χ2n) is 11.4. The average molecular weight is 462 g/mol. The molecule has 0 spiro atoms. The minimum absolute atomic E-state index is 0.0206. The van der Waals surface area contributed by atoms with Gasteiger partial charge in [-0.05, 0) is 98.3 Å². The molecule has 0 N–H and O–H groups in total. The van der Waals surface area contributed by atoms with Gasteiger partial charge in [-0.2, -0.15) is 0 Å². The maximum Gasteiger partial charge on any atom is 0.137 e. The molecule has 3 aliphatic heterocycles. The van der Waals surface area contributed by atoms with Gasteiger partial charge in [0, 0.05) is 12.6 Å². The molecule has 0 saturated carbocycles. The molecular formula is C29H37N2O3-. The highest BCUT2D eigenvalue weighted by atomic mass is 16.5. The standard InChI is InChI=1S/C29H38N2O3/c1-19(2)34-24-7-5-6-21(17-24)22-8-9-25-23(16-22)10-13-29(3,4)27(25)31(28(32)33)26-18-30-14-11-20(26)12-15-30/h5-9,16-17,19-20,26-27H,10-15,18H2,1-4H3,(H,32,33)/p-1/t26-,27+/m1/s1. The Labute approximate surface area is 203 Å². The van der Waals surface area contributed by atoms with Crippen LogP contribution in [0.25, 0.3) is 11.1 Å². The number of hydrogen-bond donors (Lipinski definition) is 0. The molecule has 3 heterocycles. The summed E-state index contributed by atoms with van der Waals surface area (Å²) in [5.74, 6) is 1.31. The lowest BCUT2D eigenvalue weighted by molar-refractivity contribution is -0.277. The van der Waals surface area contributed by atoms with Crippen molar-refractivity contribution in [3.05, 3.63) is 53.6 Å². The number of carboxylic acid groups (broad SMARTS) is 1. The van der Waals surface area contributed by atoms with Crippen molar-refractivity contribution in [3.8, 4) is 16.9 Å². The first-order valence-corrected chi connectivity index (χ1v) is 12.8. The molecule has 182 valence electrons. The number of fused-ring (bicyclic) bond motifs is 4. The van der Waals surface area contributed by atoms with Gasteiger partial charge in [0.05, 0.1) is 12.1 Å². The van der Waals surface area contributed by atoms with Crippen molar-refractivity contribution in [2.45, 2.75) is 71.6 Å². The van der Waals surface area contributed by atoms with Gasteiger partial charge in [0.2, 0.25) is 0 Å². The van der Waals surface area contributed by atoms with Crippen molar-refractivity contribution >= 4 is 6.09 Å². The van der Waals surface area contributed by atoms with Crippen molar-refractivity contribution in [2.24, 2.45) is 11.3 Å². The van der Waals surface area contributed by atoms with Gasteiger partial charge in [-0.1, -0.05) is 44.2 Å². The van der Waals surface area contributed by atoms with Crippen LogP contribution in [0.15, 0.2) is 42.5 Å². The third kappa shape index (κ3) is 4.31. The first-order chi connectivity index (χ1) is 16.2. The molecule has 3 saturated heterocycles. The molecule has 2 aromatic carbocycles. The molecule has 2 atom stereocenters. The van der Waals surface area contributed by atoms with Gasteiger partial charge >= 0.3 is 0 Å². The zero-order chi connectivity index (χ0) is 24.0. The Morgan fingerprint density at radius 2 is 1.85 bits per heavy atom. The minimum atomic E-state index is -1.02. The van der Waals surface area contributed by atoms with Crippen molar-refractivity contribution in [1.29, 1.82) is 0 Å². The summed E-state index contributed by atoms with van der Waals surface area (Å²) >= 11 is 0. The number of piperidine rings is 3. The van der Waals surface area contributed by atoms with Crippen LogP contribution in [0.3, 0.4) is 0 Å². The predicted octanol–water partition coefficient (Wildman–Crippen LogP) is 4.89. The Morgan fingerprint density at radius 3 is 2.50 bits per heavy atom. The van der Waals surface area contributed by atoms with Crippen LogP contribution in [0.1, 0.15) is 64.1 Å². The summed E-state index contributed by atoms with van der Waals surface area (Å²) in [6.45, 7) is 11.5. The molecule has 0 radical (unpaired) electrons. The summed E-state index contributed by atoms with van der Waals surface area (Å²) in [5, 5.41) is 12.7. The molecule has 2 aromatic rings. The topological polar surface area (TPSA) is 55.8 Å². The molecule has 34 heavy (non-hydrogen) atoms. The summed E-state index contributed by atoms with van der Waals surface area (Å²) < 4.78 is 5.90. The quantitative estimate of drug-likeness (QED) is 0.636. The Morgan fingerprint density at radius 1 is 1.12 bits per heavy atom. The van der Waals surface area contributed by atoms with E-state index in [9.17, 15) is 9.90 Å². The largest absolute Gasteiger partial charge is 0.530 e. The van der Waals surface area contributed by atoms with Crippen LogP contribution in [0.5, 0.6) is 5.75 Å². The van der Waals surface area contributed by atoms with Crippen LogP contribution in [0.2, 0.25) is 0 Å². The molecule has 6 rings (SSSR count). The minimum Gasteiger partial charge on any atom is -0.530 e. The normalized spacial score (nSPS) is 27.3. The first kappa shape index (κ1) is 23.2. The second kappa shape index (κ2) is 8.92. The highest BCUT2D eigenvalue weighted by Gasteiger charge is 2.46. The maximum atomic E-state index is 12.7. The Bertz CT molecular complexity index is 1060. The van der Waals surface area contributed by atoms with Gasteiger partial charge in [-0.15, -0.1) is 0 Å². The number of rotatable bonds is 5. The molecule has 5 nitrogen and oxygen atoms in total. The Kier molecular flexibility index (Phi) is 6.09. The van der Waals surface area contributed by atoms with Gasteiger partial charge in [0.15, 0.2) is 0 Å². The molecule has 3 fully saturated rings. The van der Waals surface area contributed by atoms with Gasteiger partial charge in [0.25, 0.3) is 0 Å². The molecule has 5 heteroatoms. The number of nitrogens with zero attached hydrogens (tertiary/aromatic N) is 2. The molecule has 2 bridgehead atoms. The van der Waals surface area contributed by atoms with Crippen LogP contribution in [-0.2, 0) is 6.42 Å². The van der Waals surface area contributed by atoms with Crippen LogP contribution >= 0.6 is 0 Å². The van der Waals surface area contributed by atoms with Crippen LogP contribution in [0, 0.1) is 11.3 Å². The van der Waals surface area contributed by atoms with Gasteiger partial charge < -0.3 is 24.4 Å². The summed E-state index contributed by atoms with van der Waals surface area (Å²) in [6, 6.07) is 14.6. The van der Waals surface area contributed by atoms with Crippen molar-refractivity contribution < 1.29 is 14.6 Å². The highest BCUT2D eigenvalue weighted by molar-refractivity contribution is 5.68. The fraction of sp³-hybridized carbons (Fsp3) is 0.552. The van der Waals surface area contributed by atoms with E-state index in [1.54, 1.807) is 4.90 Å². The third-order valence-electron chi connectivity index (χ3n) is 8.22. The van der Waals surface area contributed by atoms with Crippen LogP contribution < -0.4 is 9.84 Å². The average Bonchev–Trinajstić information content (AvgIpc) is 2.81. The molecule has 4 aliphatic rings. The summed E-state index contributed by atoms with van der Waals surface area (Å²) in [6.07, 6.45) is 3.19. The van der Waals surface area contributed by atoms with Gasteiger partial charge in [-0.25, -0.2) is 0 Å². The van der Waals surface area contributed by atoms with Crippen molar-refractivity contribution in [3.63, 3.8) is 0 Å². The van der Waals surface area contributed by atoms with Gasteiger partial charge in [-0.3, -0.25) is 0 Å². The molecule has 1 aliphatic carbocycles. The monoisotopic (exact) mass is 461 g/mol. The molecule has 0 aromatic heterocycles.